The standard InChI is InChI=1S/C15H23NO/c1-3-14-10-16-11-15(17-14)9-12(2)13-7-5-4-6-8-13/h4-8,12,14-16H,3,9-11H2,1-2H3. The van der Waals surface area contributed by atoms with Crippen LogP contribution in [0.2, 0.25) is 0 Å². The summed E-state index contributed by atoms with van der Waals surface area (Å²) in [5, 5.41) is 3.47. The first-order valence-corrected chi connectivity index (χ1v) is 6.70. The molecule has 0 amide bonds. The summed E-state index contributed by atoms with van der Waals surface area (Å²) in [5.74, 6) is 0.568. The van der Waals surface area contributed by atoms with E-state index >= 15 is 0 Å². The minimum Gasteiger partial charge on any atom is -0.372 e. The first-order chi connectivity index (χ1) is 8.29. The van der Waals surface area contributed by atoms with Gasteiger partial charge in [-0.3, -0.25) is 0 Å². The smallest absolute Gasteiger partial charge is 0.0709 e. The van der Waals surface area contributed by atoms with Gasteiger partial charge in [0.1, 0.15) is 0 Å². The SMILES string of the molecule is CCC1CNCC(CC(C)c2ccccc2)O1. The Morgan fingerprint density at radius 1 is 1.24 bits per heavy atom. The molecule has 0 spiro atoms. The molecule has 2 nitrogen and oxygen atoms in total. The molecule has 1 aromatic rings. The fraction of sp³-hybridized carbons (Fsp3) is 0.600. The van der Waals surface area contributed by atoms with E-state index in [2.05, 4.69) is 49.5 Å². The number of benzene rings is 1. The third-order valence-corrected chi connectivity index (χ3v) is 3.57. The summed E-state index contributed by atoms with van der Waals surface area (Å²) >= 11 is 0. The van der Waals surface area contributed by atoms with Crippen LogP contribution in [-0.4, -0.2) is 25.3 Å². The van der Waals surface area contributed by atoms with Crippen molar-refractivity contribution in [3.63, 3.8) is 0 Å². The molecular formula is C15H23NO. The van der Waals surface area contributed by atoms with Crippen molar-refractivity contribution in [3.8, 4) is 0 Å². The lowest BCUT2D eigenvalue weighted by atomic mass is 9.94. The van der Waals surface area contributed by atoms with E-state index in [-0.39, 0.29) is 0 Å². The second kappa shape index (κ2) is 6.18. The van der Waals surface area contributed by atoms with E-state index in [1.807, 2.05) is 0 Å². The van der Waals surface area contributed by atoms with E-state index < -0.39 is 0 Å². The van der Waals surface area contributed by atoms with Crippen molar-refractivity contribution < 1.29 is 4.74 Å². The maximum absolute atomic E-state index is 6.07. The summed E-state index contributed by atoms with van der Waals surface area (Å²) in [5.41, 5.74) is 1.41. The van der Waals surface area contributed by atoms with Crippen LogP contribution in [0, 0.1) is 0 Å². The Balaban J connectivity index is 1.88. The predicted octanol–water partition coefficient (Wildman–Crippen LogP) is 2.95. The number of hydrogen-bond donors (Lipinski definition) is 1. The monoisotopic (exact) mass is 233 g/mol. The topological polar surface area (TPSA) is 21.3 Å². The van der Waals surface area contributed by atoms with Gasteiger partial charge in [0, 0.05) is 13.1 Å². The number of ether oxygens (including phenoxy) is 1. The maximum Gasteiger partial charge on any atom is 0.0709 e. The van der Waals surface area contributed by atoms with Crippen LogP contribution in [0.3, 0.4) is 0 Å². The van der Waals surface area contributed by atoms with Crippen LogP contribution in [-0.2, 0) is 4.74 Å². The molecule has 3 atom stereocenters. The van der Waals surface area contributed by atoms with E-state index in [4.69, 9.17) is 4.74 Å². The zero-order valence-corrected chi connectivity index (χ0v) is 10.9. The molecule has 0 radical (unpaired) electrons. The van der Waals surface area contributed by atoms with Crippen LogP contribution in [0.1, 0.15) is 38.2 Å². The van der Waals surface area contributed by atoms with Crippen LogP contribution in [0.15, 0.2) is 30.3 Å². The minimum atomic E-state index is 0.365. The Morgan fingerprint density at radius 3 is 2.65 bits per heavy atom. The van der Waals surface area contributed by atoms with E-state index in [9.17, 15) is 0 Å². The first-order valence-electron chi connectivity index (χ1n) is 6.70. The molecule has 1 N–H and O–H groups in total. The van der Waals surface area contributed by atoms with Gasteiger partial charge in [0.25, 0.3) is 0 Å². The number of nitrogens with one attached hydrogen (secondary N) is 1. The van der Waals surface area contributed by atoms with Crippen molar-refractivity contribution in [3.05, 3.63) is 35.9 Å². The zero-order valence-electron chi connectivity index (χ0n) is 10.9. The van der Waals surface area contributed by atoms with Crippen LogP contribution >= 0.6 is 0 Å². The van der Waals surface area contributed by atoms with Crippen molar-refractivity contribution >= 4 is 0 Å². The fourth-order valence-corrected chi connectivity index (χ4v) is 2.47. The van der Waals surface area contributed by atoms with Gasteiger partial charge >= 0.3 is 0 Å². The van der Waals surface area contributed by atoms with Gasteiger partial charge in [-0.1, -0.05) is 44.2 Å². The van der Waals surface area contributed by atoms with Crippen molar-refractivity contribution in [1.82, 2.24) is 5.32 Å². The van der Waals surface area contributed by atoms with Crippen LogP contribution in [0.5, 0.6) is 0 Å². The normalized spacial score (nSPS) is 26.7. The molecule has 1 saturated heterocycles. The van der Waals surface area contributed by atoms with Gasteiger partial charge in [0.15, 0.2) is 0 Å². The molecule has 1 heterocycles. The number of rotatable bonds is 4. The Morgan fingerprint density at radius 2 is 1.94 bits per heavy atom. The molecule has 0 saturated carbocycles. The van der Waals surface area contributed by atoms with Gasteiger partial charge in [-0.15, -0.1) is 0 Å². The van der Waals surface area contributed by atoms with Crippen molar-refractivity contribution in [2.75, 3.05) is 13.1 Å². The van der Waals surface area contributed by atoms with Crippen molar-refractivity contribution in [2.45, 2.75) is 44.8 Å². The molecule has 0 aliphatic carbocycles. The lowest BCUT2D eigenvalue weighted by Crippen LogP contribution is -2.44. The molecule has 2 rings (SSSR count). The molecule has 1 aliphatic heterocycles. The van der Waals surface area contributed by atoms with Gasteiger partial charge in [-0.25, -0.2) is 0 Å². The van der Waals surface area contributed by atoms with Gasteiger partial charge in [0.05, 0.1) is 12.2 Å². The summed E-state index contributed by atoms with van der Waals surface area (Å²) < 4.78 is 6.07. The van der Waals surface area contributed by atoms with Crippen LogP contribution in [0.4, 0.5) is 0 Å². The molecule has 2 heteroatoms. The Bertz CT molecular complexity index is 325. The van der Waals surface area contributed by atoms with E-state index in [0.29, 0.717) is 18.1 Å². The molecule has 17 heavy (non-hydrogen) atoms. The van der Waals surface area contributed by atoms with Gasteiger partial charge in [-0.05, 0) is 24.3 Å². The lowest BCUT2D eigenvalue weighted by molar-refractivity contribution is -0.0439. The molecule has 1 fully saturated rings. The van der Waals surface area contributed by atoms with Crippen LogP contribution in [0.25, 0.3) is 0 Å². The molecule has 0 bridgehead atoms. The fourth-order valence-electron chi connectivity index (χ4n) is 2.47. The molecule has 0 aromatic heterocycles. The average Bonchev–Trinajstić information content (AvgIpc) is 2.40. The summed E-state index contributed by atoms with van der Waals surface area (Å²) in [6, 6.07) is 10.7. The second-order valence-electron chi connectivity index (χ2n) is 4.99. The molecule has 94 valence electrons. The maximum atomic E-state index is 6.07. The van der Waals surface area contributed by atoms with Crippen molar-refractivity contribution in [1.29, 1.82) is 0 Å². The summed E-state index contributed by atoms with van der Waals surface area (Å²) in [6.07, 6.45) is 2.97. The van der Waals surface area contributed by atoms with E-state index in [1.165, 1.54) is 5.56 Å². The third-order valence-electron chi connectivity index (χ3n) is 3.57. The molecule has 1 aliphatic rings. The summed E-state index contributed by atoms with van der Waals surface area (Å²) in [4.78, 5) is 0. The highest BCUT2D eigenvalue weighted by Gasteiger charge is 2.22. The lowest BCUT2D eigenvalue weighted by Gasteiger charge is -2.32. The van der Waals surface area contributed by atoms with Gasteiger partial charge < -0.3 is 10.1 Å². The largest absolute Gasteiger partial charge is 0.372 e. The summed E-state index contributed by atoms with van der Waals surface area (Å²) in [7, 11) is 0. The average molecular weight is 233 g/mol. The highest BCUT2D eigenvalue weighted by Crippen LogP contribution is 2.23. The minimum absolute atomic E-state index is 0.365. The predicted molar refractivity (Wildman–Crippen MR) is 71.3 cm³/mol. The highest BCUT2D eigenvalue weighted by atomic mass is 16.5. The van der Waals surface area contributed by atoms with E-state index in [0.717, 1.165) is 25.9 Å². The van der Waals surface area contributed by atoms with Gasteiger partial charge in [0.2, 0.25) is 0 Å². The molecular weight excluding hydrogens is 210 g/mol. The molecule has 3 unspecified atom stereocenters. The summed E-state index contributed by atoms with van der Waals surface area (Å²) in [6.45, 7) is 6.48. The Hall–Kier alpha value is -0.860. The van der Waals surface area contributed by atoms with Gasteiger partial charge in [-0.2, -0.15) is 0 Å². The highest BCUT2D eigenvalue weighted by molar-refractivity contribution is 5.18. The first kappa shape index (κ1) is 12.6. The Labute approximate surface area is 104 Å². The Kier molecular flexibility index (Phi) is 4.57. The number of hydrogen-bond acceptors (Lipinski definition) is 2. The molecule has 1 aromatic carbocycles. The van der Waals surface area contributed by atoms with Crippen LogP contribution < -0.4 is 5.32 Å². The van der Waals surface area contributed by atoms with E-state index in [1.54, 1.807) is 0 Å². The quantitative estimate of drug-likeness (QED) is 0.863. The second-order valence-corrected chi connectivity index (χ2v) is 4.99. The van der Waals surface area contributed by atoms with Crippen molar-refractivity contribution in [2.24, 2.45) is 0 Å². The third kappa shape index (κ3) is 3.55. The number of morpholine rings is 1. The zero-order chi connectivity index (χ0) is 12.1.